The molecular formula is C47H90O6. The van der Waals surface area contributed by atoms with E-state index in [9.17, 15) is 14.4 Å². The van der Waals surface area contributed by atoms with Gasteiger partial charge in [-0.15, -0.1) is 0 Å². The smallest absolute Gasteiger partial charge is 0.306 e. The monoisotopic (exact) mass is 751 g/mol. The summed E-state index contributed by atoms with van der Waals surface area (Å²) in [7, 11) is 0. The highest BCUT2D eigenvalue weighted by atomic mass is 16.6. The molecule has 0 radical (unpaired) electrons. The first kappa shape index (κ1) is 51.4. The second kappa shape index (κ2) is 41.6. The number of ether oxygens (including phenoxy) is 3. The molecule has 0 bridgehead atoms. The molecule has 53 heavy (non-hydrogen) atoms. The van der Waals surface area contributed by atoms with Gasteiger partial charge in [0.15, 0.2) is 6.10 Å². The van der Waals surface area contributed by atoms with Gasteiger partial charge in [0.05, 0.1) is 0 Å². The van der Waals surface area contributed by atoms with Crippen molar-refractivity contribution in [2.45, 2.75) is 265 Å². The van der Waals surface area contributed by atoms with Crippen LogP contribution in [0.25, 0.3) is 0 Å². The summed E-state index contributed by atoms with van der Waals surface area (Å²) in [6, 6.07) is 0. The first-order chi connectivity index (χ1) is 25.9. The quantitative estimate of drug-likeness (QED) is 0.0351. The molecular weight excluding hydrogens is 661 g/mol. The molecule has 0 unspecified atom stereocenters. The molecule has 0 saturated heterocycles. The second-order valence-electron chi connectivity index (χ2n) is 16.5. The molecule has 0 N–H and O–H groups in total. The van der Waals surface area contributed by atoms with E-state index in [1.165, 1.54) is 148 Å². The van der Waals surface area contributed by atoms with E-state index < -0.39 is 6.10 Å². The predicted molar refractivity (Wildman–Crippen MR) is 224 cm³/mol. The van der Waals surface area contributed by atoms with Gasteiger partial charge >= 0.3 is 17.9 Å². The molecule has 0 aliphatic heterocycles. The van der Waals surface area contributed by atoms with Crippen LogP contribution in [0.3, 0.4) is 0 Å². The Kier molecular flexibility index (Phi) is 40.3. The van der Waals surface area contributed by atoms with Gasteiger partial charge in [0.25, 0.3) is 0 Å². The number of carbonyl (C=O) groups excluding carboxylic acids is 3. The summed E-state index contributed by atoms with van der Waals surface area (Å²) in [6.07, 6.45) is 41.1. The third-order valence-electron chi connectivity index (χ3n) is 10.5. The Hall–Kier alpha value is -1.59. The molecule has 0 amide bonds. The first-order valence-electron chi connectivity index (χ1n) is 23.4. The van der Waals surface area contributed by atoms with Gasteiger partial charge in [0.2, 0.25) is 0 Å². The Bertz CT molecular complexity index is 796. The molecule has 0 rings (SSSR count). The molecule has 0 aliphatic rings. The van der Waals surface area contributed by atoms with E-state index in [0.717, 1.165) is 70.1 Å². The van der Waals surface area contributed by atoms with Crippen LogP contribution in [0.4, 0.5) is 0 Å². The van der Waals surface area contributed by atoms with E-state index in [2.05, 4.69) is 27.7 Å². The summed E-state index contributed by atoms with van der Waals surface area (Å²) < 4.78 is 16.6. The van der Waals surface area contributed by atoms with Crippen molar-refractivity contribution in [3.8, 4) is 0 Å². The minimum atomic E-state index is -0.757. The van der Waals surface area contributed by atoms with Gasteiger partial charge in [-0.1, -0.05) is 220 Å². The molecule has 1 atom stereocenters. The number of carbonyl (C=O) groups is 3. The van der Waals surface area contributed by atoms with E-state index in [0.29, 0.717) is 19.3 Å². The van der Waals surface area contributed by atoms with Crippen LogP contribution in [0.2, 0.25) is 0 Å². The Balaban J connectivity index is 4.14. The van der Waals surface area contributed by atoms with Crippen LogP contribution in [0.5, 0.6) is 0 Å². The Morgan fingerprint density at radius 2 is 0.623 bits per heavy atom. The van der Waals surface area contributed by atoms with Gasteiger partial charge in [-0.3, -0.25) is 14.4 Å². The summed E-state index contributed by atoms with van der Waals surface area (Å²) in [5.74, 6) is -0.0208. The Morgan fingerprint density at radius 3 is 0.925 bits per heavy atom. The highest BCUT2D eigenvalue weighted by Gasteiger charge is 2.19. The standard InChI is InChI=1S/C47H90O6/c1-5-7-9-11-12-13-14-17-22-25-28-32-36-40-47(50)53-44(41-51-45(48)38-34-29-10-8-6-2)42-52-46(49)39-35-31-27-24-21-19-16-15-18-20-23-26-30-33-37-43(3)4/h43-44H,5-42H2,1-4H3/t44-/m1/s1. The predicted octanol–water partition coefficient (Wildman–Crippen LogP) is 14.7. The van der Waals surface area contributed by atoms with Gasteiger partial charge in [0, 0.05) is 19.3 Å². The lowest BCUT2D eigenvalue weighted by atomic mass is 10.0. The lowest BCUT2D eigenvalue weighted by molar-refractivity contribution is -0.167. The maximum absolute atomic E-state index is 12.7. The van der Waals surface area contributed by atoms with Crippen molar-refractivity contribution in [3.05, 3.63) is 0 Å². The zero-order valence-corrected chi connectivity index (χ0v) is 36.0. The van der Waals surface area contributed by atoms with E-state index in [4.69, 9.17) is 14.2 Å². The van der Waals surface area contributed by atoms with Crippen molar-refractivity contribution in [1.29, 1.82) is 0 Å². The van der Waals surface area contributed by atoms with Gasteiger partial charge in [0.1, 0.15) is 13.2 Å². The summed E-state index contributed by atoms with van der Waals surface area (Å²) in [5.41, 5.74) is 0. The number of hydrogen-bond donors (Lipinski definition) is 0. The van der Waals surface area contributed by atoms with Crippen LogP contribution in [0.15, 0.2) is 0 Å². The van der Waals surface area contributed by atoms with Crippen LogP contribution in [0, 0.1) is 5.92 Å². The fourth-order valence-corrected chi connectivity index (χ4v) is 6.98. The van der Waals surface area contributed by atoms with Gasteiger partial charge < -0.3 is 14.2 Å². The van der Waals surface area contributed by atoms with E-state index in [-0.39, 0.29) is 31.1 Å². The zero-order chi connectivity index (χ0) is 38.9. The summed E-state index contributed by atoms with van der Waals surface area (Å²) >= 11 is 0. The SMILES string of the molecule is CCCCCCCCCCCCCCCC(=O)O[C@H](COC(=O)CCCCCCC)COC(=O)CCCCCCCCCCCCCCCCC(C)C. The lowest BCUT2D eigenvalue weighted by Crippen LogP contribution is -2.30. The van der Waals surface area contributed by atoms with Crippen molar-refractivity contribution < 1.29 is 28.6 Å². The topological polar surface area (TPSA) is 78.9 Å². The molecule has 0 aromatic rings. The fourth-order valence-electron chi connectivity index (χ4n) is 6.98. The molecule has 6 heteroatoms. The average molecular weight is 751 g/mol. The minimum absolute atomic E-state index is 0.0644. The van der Waals surface area contributed by atoms with Crippen LogP contribution < -0.4 is 0 Å². The molecule has 314 valence electrons. The highest BCUT2D eigenvalue weighted by molar-refractivity contribution is 5.71. The fraction of sp³-hybridized carbons (Fsp3) is 0.936. The maximum Gasteiger partial charge on any atom is 0.306 e. The van der Waals surface area contributed by atoms with Crippen molar-refractivity contribution in [1.82, 2.24) is 0 Å². The Labute approximate surface area is 329 Å². The van der Waals surface area contributed by atoms with Crippen LogP contribution in [-0.2, 0) is 28.6 Å². The lowest BCUT2D eigenvalue weighted by Gasteiger charge is -2.18. The normalized spacial score (nSPS) is 11.9. The minimum Gasteiger partial charge on any atom is -0.462 e. The zero-order valence-electron chi connectivity index (χ0n) is 36.0. The maximum atomic E-state index is 12.7. The molecule has 0 fully saturated rings. The van der Waals surface area contributed by atoms with Gasteiger partial charge in [-0.2, -0.15) is 0 Å². The number of unbranched alkanes of at least 4 members (excludes halogenated alkanes) is 29. The second-order valence-corrected chi connectivity index (χ2v) is 16.5. The summed E-state index contributed by atoms with van der Waals surface area (Å²) in [4.78, 5) is 37.5. The average Bonchev–Trinajstić information content (AvgIpc) is 3.14. The third-order valence-corrected chi connectivity index (χ3v) is 10.5. The van der Waals surface area contributed by atoms with Crippen molar-refractivity contribution >= 4 is 17.9 Å². The highest BCUT2D eigenvalue weighted by Crippen LogP contribution is 2.16. The van der Waals surface area contributed by atoms with Crippen LogP contribution >= 0.6 is 0 Å². The third kappa shape index (κ3) is 41.4. The summed E-state index contributed by atoms with van der Waals surface area (Å²) in [5, 5.41) is 0. The van der Waals surface area contributed by atoms with Crippen molar-refractivity contribution in [3.63, 3.8) is 0 Å². The first-order valence-corrected chi connectivity index (χ1v) is 23.4. The molecule has 0 aliphatic carbocycles. The van der Waals surface area contributed by atoms with Gasteiger partial charge in [-0.25, -0.2) is 0 Å². The molecule has 0 saturated carbocycles. The molecule has 0 aromatic heterocycles. The van der Waals surface area contributed by atoms with Gasteiger partial charge in [-0.05, 0) is 25.2 Å². The molecule has 0 spiro atoms. The summed E-state index contributed by atoms with van der Waals surface area (Å²) in [6.45, 7) is 8.94. The largest absolute Gasteiger partial charge is 0.462 e. The Morgan fingerprint density at radius 1 is 0.358 bits per heavy atom. The molecule has 6 nitrogen and oxygen atoms in total. The van der Waals surface area contributed by atoms with Crippen LogP contribution in [-0.4, -0.2) is 37.2 Å². The number of hydrogen-bond acceptors (Lipinski definition) is 6. The van der Waals surface area contributed by atoms with Crippen LogP contribution in [0.1, 0.15) is 259 Å². The van der Waals surface area contributed by atoms with E-state index in [1.807, 2.05) is 0 Å². The van der Waals surface area contributed by atoms with Crippen molar-refractivity contribution in [2.24, 2.45) is 5.92 Å². The molecule has 0 aromatic carbocycles. The number of rotatable bonds is 42. The van der Waals surface area contributed by atoms with E-state index >= 15 is 0 Å². The van der Waals surface area contributed by atoms with E-state index in [1.54, 1.807) is 0 Å². The molecule has 0 heterocycles. The number of esters is 3. The van der Waals surface area contributed by atoms with Crippen molar-refractivity contribution in [2.75, 3.05) is 13.2 Å².